The van der Waals surface area contributed by atoms with Gasteiger partial charge in [0.25, 0.3) is 0 Å². The Morgan fingerprint density at radius 1 is 0.729 bits per heavy atom. The average molecular weight is 957 g/mol. The van der Waals surface area contributed by atoms with Crippen LogP contribution < -0.4 is 31.7 Å². The van der Waals surface area contributed by atoms with Crippen molar-refractivity contribution in [3.05, 3.63) is 101 Å². The van der Waals surface area contributed by atoms with Crippen LogP contribution in [0.2, 0.25) is 0 Å². The fourth-order valence-electron chi connectivity index (χ4n) is 11.6. The molecule has 0 bridgehead atoms. The van der Waals surface area contributed by atoms with Gasteiger partial charge in [0.2, 0.25) is 35.4 Å². The highest BCUT2D eigenvalue weighted by Crippen LogP contribution is 2.41. The maximum atomic E-state index is 15.1. The number of aromatic amines is 1. The molecule has 3 aromatic carbocycles. The Kier molecular flexibility index (Phi) is 14.5. The van der Waals surface area contributed by atoms with Crippen LogP contribution >= 0.6 is 0 Å². The summed E-state index contributed by atoms with van der Waals surface area (Å²) in [6.07, 6.45) is 8.69. The molecular weight excluding hydrogens is 893 g/mol. The molecule has 1 aromatic heterocycles. The Morgan fingerprint density at radius 2 is 1.44 bits per heavy atom. The predicted octanol–water partition coefficient (Wildman–Crippen LogP) is 3.72. The van der Waals surface area contributed by atoms with Gasteiger partial charge in [-0.25, -0.2) is 4.79 Å². The molecular formula is C53H64N8O9. The maximum absolute atomic E-state index is 15.1. The normalized spacial score (nSPS) is 26.3. The number of carbonyl (C=O) groups is 7. The quantitative estimate of drug-likeness (QED) is 0.126. The van der Waals surface area contributed by atoms with E-state index in [-0.39, 0.29) is 50.3 Å². The fraction of sp³-hybridized carbons (Fsp3) is 0.491. The highest BCUT2D eigenvalue weighted by molar-refractivity contribution is 6.00. The summed E-state index contributed by atoms with van der Waals surface area (Å²) >= 11 is 0. The lowest BCUT2D eigenvalue weighted by molar-refractivity contribution is -0.150. The number of methoxy groups -OCH3 is 1. The molecule has 2 aliphatic carbocycles. The number of nitrogens with two attached hydrogens (primary N) is 1. The van der Waals surface area contributed by atoms with E-state index in [4.69, 9.17) is 15.2 Å². The minimum Gasteiger partial charge on any atom is -0.489 e. The minimum absolute atomic E-state index is 0.0527. The molecule has 17 nitrogen and oxygen atoms in total. The SMILES string of the molecule is COC(=O)c1ccc(COc2ccc(C[C@@H]3NC(=O)[C@H]4C[C@H]5CCCC[C@H]5N4C(=O)[C@H]4CCCN4C(=O)[C@H](CCN)NC(=O)[C@H](Cc4c[nH]c5ccccc45)NC(=O)C4(CCCC4)NC3=O)cc2)cc1. The number of carbonyl (C=O) groups excluding carboxylic acids is 7. The van der Waals surface area contributed by atoms with Crippen LogP contribution in [0.3, 0.4) is 0 Å². The van der Waals surface area contributed by atoms with Crippen molar-refractivity contribution >= 4 is 52.3 Å². The van der Waals surface area contributed by atoms with E-state index in [0.29, 0.717) is 68.4 Å². The second-order valence-electron chi connectivity index (χ2n) is 19.7. The summed E-state index contributed by atoms with van der Waals surface area (Å²) in [6.45, 7) is 0.597. The summed E-state index contributed by atoms with van der Waals surface area (Å²) in [7, 11) is 1.33. The summed E-state index contributed by atoms with van der Waals surface area (Å²) in [5.74, 6) is -2.69. The number of benzene rings is 3. The summed E-state index contributed by atoms with van der Waals surface area (Å²) in [6, 6.07) is 16.3. The molecule has 70 heavy (non-hydrogen) atoms. The summed E-state index contributed by atoms with van der Waals surface area (Å²) in [4.78, 5) is 108. The van der Waals surface area contributed by atoms with E-state index in [9.17, 15) is 28.8 Å². The third-order valence-corrected chi connectivity index (χ3v) is 15.3. The molecule has 17 heteroatoms. The molecule has 370 valence electrons. The first-order chi connectivity index (χ1) is 33.9. The number of hydrogen-bond donors (Lipinski definition) is 6. The van der Waals surface area contributed by atoms with Gasteiger partial charge >= 0.3 is 5.97 Å². The van der Waals surface area contributed by atoms with Crippen molar-refractivity contribution < 1.29 is 43.0 Å². The first kappa shape index (κ1) is 48.3. The molecule has 4 heterocycles. The van der Waals surface area contributed by atoms with Crippen molar-refractivity contribution in [2.75, 3.05) is 20.2 Å². The Labute approximate surface area is 407 Å². The highest BCUT2D eigenvalue weighted by atomic mass is 16.5. The molecule has 5 aliphatic rings. The zero-order chi connectivity index (χ0) is 48.9. The third kappa shape index (κ3) is 10.1. The molecule has 4 aromatic rings. The monoisotopic (exact) mass is 956 g/mol. The lowest BCUT2D eigenvalue weighted by Gasteiger charge is -2.38. The number of amides is 6. The number of aromatic nitrogens is 1. The van der Waals surface area contributed by atoms with Crippen LogP contribution in [0.15, 0.2) is 79.0 Å². The van der Waals surface area contributed by atoms with Gasteiger partial charge in [-0.05, 0) is 111 Å². The Morgan fingerprint density at radius 3 is 2.20 bits per heavy atom. The number of hydrogen-bond acceptors (Lipinski definition) is 10. The van der Waals surface area contributed by atoms with E-state index in [2.05, 4.69) is 26.3 Å². The molecule has 0 radical (unpaired) electrons. The number of para-hydroxylation sites is 1. The first-order valence-corrected chi connectivity index (χ1v) is 25.0. The number of H-pyrrole nitrogens is 1. The van der Waals surface area contributed by atoms with Crippen LogP contribution in [0.5, 0.6) is 5.75 Å². The molecule has 3 aliphatic heterocycles. The standard InChI is InChI=1S/C53H64N8O9/c1-69-51(67)34-18-14-33(15-19-34)31-70-37-20-16-32(17-21-37)27-41-47(63)59-53(23-6-7-24-53)52(68)58-42(28-36-30-55-39-11-4-3-10-38(36)39)46(62)56-40(22-25-54)49(65)60-26-8-13-44(60)50(66)61-43-12-5-2-9-35(43)29-45(61)48(64)57-41/h3-4,10-11,14-21,30,35,40-45,55H,2,5-9,12-13,22-29,31,54H2,1H3,(H,56,62)(H,57,64)(H,58,68)(H,59,63)/t35-,40+,41+,42+,43-,44-,45-/m1/s1. The van der Waals surface area contributed by atoms with Crippen LogP contribution in [0.4, 0.5) is 0 Å². The van der Waals surface area contributed by atoms with Gasteiger partial charge in [-0.1, -0.05) is 68.1 Å². The number of fused-ring (bicyclic) bond motifs is 5. The van der Waals surface area contributed by atoms with E-state index in [1.54, 1.807) is 52.4 Å². The third-order valence-electron chi connectivity index (χ3n) is 15.3. The zero-order valence-electron chi connectivity index (χ0n) is 39.7. The Balaban J connectivity index is 1.04. The summed E-state index contributed by atoms with van der Waals surface area (Å²) in [5, 5.41) is 13.0. The largest absolute Gasteiger partial charge is 0.489 e. The molecule has 5 fully saturated rings. The molecule has 1 spiro atoms. The van der Waals surface area contributed by atoms with Crippen molar-refractivity contribution in [1.82, 2.24) is 36.1 Å². The molecule has 0 unspecified atom stereocenters. The predicted molar refractivity (Wildman–Crippen MR) is 259 cm³/mol. The van der Waals surface area contributed by atoms with Crippen LogP contribution in [-0.4, -0.2) is 118 Å². The van der Waals surface area contributed by atoms with Crippen LogP contribution in [-0.2, 0) is 53.0 Å². The first-order valence-electron chi connectivity index (χ1n) is 25.0. The molecule has 3 saturated heterocycles. The Hall–Kier alpha value is -6.75. The van der Waals surface area contributed by atoms with Gasteiger partial charge in [-0.2, -0.15) is 0 Å². The maximum Gasteiger partial charge on any atom is 0.337 e. The van der Waals surface area contributed by atoms with Gasteiger partial charge in [0.05, 0.1) is 12.7 Å². The van der Waals surface area contributed by atoms with Crippen molar-refractivity contribution in [3.63, 3.8) is 0 Å². The van der Waals surface area contributed by atoms with Gasteiger partial charge < -0.3 is 51.3 Å². The number of nitrogens with one attached hydrogen (secondary N) is 5. The van der Waals surface area contributed by atoms with Crippen molar-refractivity contribution in [2.45, 2.75) is 138 Å². The fourth-order valence-corrected chi connectivity index (χ4v) is 11.6. The van der Waals surface area contributed by atoms with E-state index >= 15 is 4.79 Å². The van der Waals surface area contributed by atoms with Crippen molar-refractivity contribution in [3.8, 4) is 5.75 Å². The van der Waals surface area contributed by atoms with Gasteiger partial charge in [0, 0.05) is 42.5 Å². The van der Waals surface area contributed by atoms with E-state index < -0.39 is 71.3 Å². The van der Waals surface area contributed by atoms with Crippen LogP contribution in [0, 0.1) is 5.92 Å². The van der Waals surface area contributed by atoms with Crippen molar-refractivity contribution in [2.24, 2.45) is 11.7 Å². The lowest BCUT2D eigenvalue weighted by atomic mass is 9.84. The summed E-state index contributed by atoms with van der Waals surface area (Å²) in [5.41, 5.74) is 8.25. The molecule has 2 saturated carbocycles. The van der Waals surface area contributed by atoms with E-state index in [1.807, 2.05) is 36.4 Å². The van der Waals surface area contributed by atoms with E-state index in [1.165, 1.54) is 7.11 Å². The van der Waals surface area contributed by atoms with Gasteiger partial charge in [-0.15, -0.1) is 0 Å². The van der Waals surface area contributed by atoms with E-state index in [0.717, 1.165) is 47.7 Å². The zero-order valence-corrected chi connectivity index (χ0v) is 39.7. The molecule has 7 atom stereocenters. The smallest absolute Gasteiger partial charge is 0.337 e. The molecule has 7 N–H and O–H groups in total. The van der Waals surface area contributed by atoms with Gasteiger partial charge in [0.15, 0.2) is 0 Å². The minimum atomic E-state index is -1.42. The van der Waals surface area contributed by atoms with Gasteiger partial charge in [0.1, 0.15) is 48.1 Å². The number of rotatable bonds is 10. The van der Waals surface area contributed by atoms with Crippen LogP contribution in [0.1, 0.15) is 104 Å². The number of esters is 1. The van der Waals surface area contributed by atoms with Gasteiger partial charge in [-0.3, -0.25) is 28.8 Å². The summed E-state index contributed by atoms with van der Waals surface area (Å²) < 4.78 is 10.8. The number of nitrogens with zero attached hydrogens (tertiary/aromatic N) is 2. The van der Waals surface area contributed by atoms with Crippen molar-refractivity contribution in [1.29, 1.82) is 0 Å². The molecule has 6 amide bonds. The highest BCUT2D eigenvalue weighted by Gasteiger charge is 2.52. The second kappa shape index (κ2) is 21.1. The number of ether oxygens (including phenoxy) is 2. The average Bonchev–Trinajstić information content (AvgIpc) is 4.22. The van der Waals surface area contributed by atoms with Crippen LogP contribution in [0.25, 0.3) is 10.9 Å². The Bertz CT molecular complexity index is 2590. The topological polar surface area (TPSA) is 234 Å². The molecule has 9 rings (SSSR count). The second-order valence-corrected chi connectivity index (χ2v) is 19.7. The lowest BCUT2D eigenvalue weighted by Crippen LogP contribution is -2.65.